The number of nitro benzene ring substituents is 1. The lowest BCUT2D eigenvalue weighted by Gasteiger charge is -2.12. The third-order valence-electron chi connectivity index (χ3n) is 4.37. The minimum atomic E-state index is -0.515. The summed E-state index contributed by atoms with van der Waals surface area (Å²) in [5.41, 5.74) is 1.34. The van der Waals surface area contributed by atoms with E-state index in [2.05, 4.69) is 20.8 Å². The van der Waals surface area contributed by atoms with Crippen molar-refractivity contribution in [1.82, 2.24) is 10.2 Å². The molecule has 0 saturated carbocycles. The Labute approximate surface area is 192 Å². The number of nitrogens with zero attached hydrogens (tertiary/aromatic N) is 3. The van der Waals surface area contributed by atoms with Crippen LogP contribution < -0.4 is 10.6 Å². The molecule has 1 aromatic heterocycles. The topological polar surface area (TPSA) is 127 Å². The molecule has 0 aliphatic rings. The molecule has 0 aliphatic carbocycles. The van der Waals surface area contributed by atoms with E-state index in [4.69, 9.17) is 0 Å². The molecule has 0 radical (unpaired) electrons. The molecule has 0 unspecified atom stereocenters. The van der Waals surface area contributed by atoms with Crippen LogP contribution >= 0.6 is 23.1 Å². The third kappa shape index (κ3) is 6.86. The summed E-state index contributed by atoms with van der Waals surface area (Å²) >= 11 is 2.43. The van der Waals surface area contributed by atoms with Gasteiger partial charge in [-0.05, 0) is 24.5 Å². The van der Waals surface area contributed by atoms with E-state index in [0.29, 0.717) is 34.4 Å². The number of thioether (sulfide) groups is 1. The van der Waals surface area contributed by atoms with Crippen molar-refractivity contribution >= 4 is 51.4 Å². The number of aryl methyl sites for hydroxylation is 1. The average Bonchev–Trinajstić information content (AvgIpc) is 3.23. The van der Waals surface area contributed by atoms with Crippen LogP contribution in [0.4, 0.5) is 16.5 Å². The van der Waals surface area contributed by atoms with Crippen LogP contribution in [0.3, 0.4) is 0 Å². The fourth-order valence-electron chi connectivity index (χ4n) is 2.76. The van der Waals surface area contributed by atoms with Crippen LogP contribution in [-0.4, -0.2) is 32.2 Å². The highest BCUT2D eigenvalue weighted by molar-refractivity contribution is 8.02. The number of anilines is 2. The summed E-state index contributed by atoms with van der Waals surface area (Å²) in [5, 5.41) is 24.3. The molecule has 166 valence electrons. The SMILES string of the molecule is CC[C@@H](Sc1nnc(NC(=O)CCc2ccccc2)s1)C(=O)Nc1cccc([N+](=O)[O-])c1. The number of nitrogens with one attached hydrogen (secondary N) is 2. The molecule has 0 bridgehead atoms. The van der Waals surface area contributed by atoms with Gasteiger partial charge in [0.15, 0.2) is 4.34 Å². The first kappa shape index (κ1) is 23.4. The van der Waals surface area contributed by atoms with E-state index < -0.39 is 10.2 Å². The van der Waals surface area contributed by atoms with Crippen molar-refractivity contribution in [2.45, 2.75) is 35.8 Å². The van der Waals surface area contributed by atoms with Crippen LogP contribution in [-0.2, 0) is 16.0 Å². The number of nitro groups is 1. The van der Waals surface area contributed by atoms with Gasteiger partial charge in [-0.3, -0.25) is 19.7 Å². The zero-order valence-corrected chi connectivity index (χ0v) is 18.8. The molecule has 3 rings (SSSR count). The summed E-state index contributed by atoms with van der Waals surface area (Å²) in [6.07, 6.45) is 1.47. The van der Waals surface area contributed by atoms with Crippen molar-refractivity contribution in [2.24, 2.45) is 0 Å². The van der Waals surface area contributed by atoms with Crippen molar-refractivity contribution in [3.8, 4) is 0 Å². The van der Waals surface area contributed by atoms with Crippen LogP contribution in [0.5, 0.6) is 0 Å². The highest BCUT2D eigenvalue weighted by atomic mass is 32.2. The van der Waals surface area contributed by atoms with Gasteiger partial charge in [0.2, 0.25) is 16.9 Å². The highest BCUT2D eigenvalue weighted by Gasteiger charge is 2.21. The first-order valence-corrected chi connectivity index (χ1v) is 11.5. The summed E-state index contributed by atoms with van der Waals surface area (Å²) in [6.45, 7) is 1.86. The largest absolute Gasteiger partial charge is 0.325 e. The fourth-order valence-corrected chi connectivity index (χ4v) is 4.69. The van der Waals surface area contributed by atoms with Crippen LogP contribution in [0, 0.1) is 10.1 Å². The first-order chi connectivity index (χ1) is 15.4. The quantitative estimate of drug-likeness (QED) is 0.192. The Bertz CT molecular complexity index is 1090. The average molecular weight is 472 g/mol. The molecule has 0 saturated heterocycles. The standard InChI is InChI=1S/C21H21N5O4S2/c1-2-17(19(28)22-15-9-6-10-16(13-15)26(29)30)31-21-25-24-20(32-21)23-18(27)12-11-14-7-4-3-5-8-14/h3-10,13,17H,2,11-12H2,1H3,(H,22,28)(H,23,24,27)/t17-/m1/s1. The maximum atomic E-state index is 12.6. The third-order valence-corrected chi connectivity index (χ3v) is 6.65. The molecule has 2 amide bonds. The Morgan fingerprint density at radius 1 is 1.12 bits per heavy atom. The Kier molecular flexibility index (Phi) is 8.28. The van der Waals surface area contributed by atoms with Gasteiger partial charge in [-0.15, -0.1) is 10.2 Å². The normalized spacial score (nSPS) is 11.5. The van der Waals surface area contributed by atoms with Crippen LogP contribution in [0.15, 0.2) is 58.9 Å². The van der Waals surface area contributed by atoms with Crippen LogP contribution in [0.2, 0.25) is 0 Å². The van der Waals surface area contributed by atoms with Gasteiger partial charge in [-0.2, -0.15) is 0 Å². The molecule has 0 fully saturated rings. The van der Waals surface area contributed by atoms with Gasteiger partial charge < -0.3 is 10.6 Å². The fraction of sp³-hybridized carbons (Fsp3) is 0.238. The Balaban J connectivity index is 1.53. The summed E-state index contributed by atoms with van der Waals surface area (Å²) < 4.78 is 0.546. The summed E-state index contributed by atoms with van der Waals surface area (Å²) in [5.74, 6) is -0.446. The monoisotopic (exact) mass is 471 g/mol. The molecule has 9 nitrogen and oxygen atoms in total. The van der Waals surface area contributed by atoms with Gasteiger partial charge in [0.1, 0.15) is 0 Å². The minimum absolute atomic E-state index is 0.0970. The van der Waals surface area contributed by atoms with Gasteiger partial charge in [-0.25, -0.2) is 0 Å². The number of rotatable bonds is 10. The summed E-state index contributed by atoms with van der Waals surface area (Å²) in [7, 11) is 0. The van der Waals surface area contributed by atoms with Gasteiger partial charge >= 0.3 is 0 Å². The summed E-state index contributed by atoms with van der Waals surface area (Å²) in [6, 6.07) is 15.5. The van der Waals surface area contributed by atoms with Crippen molar-refractivity contribution in [1.29, 1.82) is 0 Å². The van der Waals surface area contributed by atoms with Crippen LogP contribution in [0.1, 0.15) is 25.3 Å². The number of amides is 2. The highest BCUT2D eigenvalue weighted by Crippen LogP contribution is 2.31. The Hall–Kier alpha value is -3.31. The number of non-ortho nitro benzene ring substituents is 1. The lowest BCUT2D eigenvalue weighted by atomic mass is 10.1. The minimum Gasteiger partial charge on any atom is -0.325 e. The number of carbonyl (C=O) groups excluding carboxylic acids is 2. The van der Waals surface area contributed by atoms with E-state index in [0.717, 1.165) is 5.56 Å². The van der Waals surface area contributed by atoms with Crippen molar-refractivity contribution in [3.05, 3.63) is 70.3 Å². The Morgan fingerprint density at radius 2 is 1.91 bits per heavy atom. The number of benzene rings is 2. The molecule has 0 aliphatic heterocycles. The van der Waals surface area contributed by atoms with Gasteiger partial charge in [0.25, 0.3) is 5.69 Å². The molecular weight excluding hydrogens is 450 g/mol. The number of carbonyl (C=O) groups is 2. The van der Waals surface area contributed by atoms with E-state index in [9.17, 15) is 19.7 Å². The van der Waals surface area contributed by atoms with E-state index in [1.54, 1.807) is 6.07 Å². The second kappa shape index (κ2) is 11.3. The Morgan fingerprint density at radius 3 is 2.62 bits per heavy atom. The predicted molar refractivity (Wildman–Crippen MR) is 125 cm³/mol. The van der Waals surface area contributed by atoms with Gasteiger partial charge in [0.05, 0.1) is 10.2 Å². The van der Waals surface area contributed by atoms with E-state index in [1.807, 2.05) is 37.3 Å². The zero-order valence-electron chi connectivity index (χ0n) is 17.2. The second-order valence-electron chi connectivity index (χ2n) is 6.72. The predicted octanol–water partition coefficient (Wildman–Crippen LogP) is 4.53. The second-order valence-corrected chi connectivity index (χ2v) is 9.15. The molecule has 1 heterocycles. The van der Waals surface area contributed by atoms with Crippen molar-refractivity contribution in [3.63, 3.8) is 0 Å². The number of aromatic nitrogens is 2. The van der Waals surface area contributed by atoms with Gasteiger partial charge in [-0.1, -0.05) is 66.4 Å². The lowest BCUT2D eigenvalue weighted by Crippen LogP contribution is -2.24. The molecule has 11 heteroatoms. The number of hydrogen-bond acceptors (Lipinski definition) is 8. The lowest BCUT2D eigenvalue weighted by molar-refractivity contribution is -0.384. The molecular formula is C21H21N5O4S2. The molecule has 2 aromatic carbocycles. The first-order valence-electron chi connectivity index (χ1n) is 9.84. The van der Waals surface area contributed by atoms with Gasteiger partial charge in [0, 0.05) is 24.2 Å². The zero-order chi connectivity index (χ0) is 22.9. The summed E-state index contributed by atoms with van der Waals surface area (Å²) in [4.78, 5) is 35.2. The van der Waals surface area contributed by atoms with Crippen molar-refractivity contribution in [2.75, 3.05) is 10.6 Å². The van der Waals surface area contributed by atoms with E-state index in [1.165, 1.54) is 41.3 Å². The maximum absolute atomic E-state index is 12.6. The van der Waals surface area contributed by atoms with Crippen molar-refractivity contribution < 1.29 is 14.5 Å². The molecule has 3 aromatic rings. The number of hydrogen-bond donors (Lipinski definition) is 2. The molecule has 32 heavy (non-hydrogen) atoms. The van der Waals surface area contributed by atoms with E-state index >= 15 is 0 Å². The molecule has 1 atom stereocenters. The smallest absolute Gasteiger partial charge is 0.271 e. The van der Waals surface area contributed by atoms with Crippen LogP contribution in [0.25, 0.3) is 0 Å². The molecule has 0 spiro atoms. The molecule has 2 N–H and O–H groups in total. The van der Waals surface area contributed by atoms with E-state index in [-0.39, 0.29) is 17.5 Å². The maximum Gasteiger partial charge on any atom is 0.271 e.